The Morgan fingerprint density at radius 1 is 0.643 bits per heavy atom. The molecule has 0 aliphatic rings. The Balaban J connectivity index is 0.000000568. The summed E-state index contributed by atoms with van der Waals surface area (Å²) < 4.78 is 10.2. The van der Waals surface area contributed by atoms with E-state index in [1.807, 2.05) is 62.4 Å². The molecule has 0 atom stereocenters. The van der Waals surface area contributed by atoms with Crippen LogP contribution in [0.25, 0.3) is 0 Å². The van der Waals surface area contributed by atoms with Crippen LogP contribution in [0.3, 0.4) is 0 Å². The predicted molar refractivity (Wildman–Crippen MR) is 113 cm³/mol. The molecule has 2 aromatic rings. The number of methoxy groups -OCH3 is 2. The van der Waals surface area contributed by atoms with E-state index in [0.717, 1.165) is 24.3 Å². The molecule has 2 rings (SSSR count). The third kappa shape index (κ3) is 9.36. The minimum atomic E-state index is 0.298. The second-order valence-electron chi connectivity index (χ2n) is 6.48. The van der Waals surface area contributed by atoms with Crippen molar-refractivity contribution in [3.05, 3.63) is 59.7 Å². The fourth-order valence-electron chi connectivity index (χ4n) is 2.53. The smallest absolute Gasteiger partial charge is 0.133 e. The third-order valence-corrected chi connectivity index (χ3v) is 4.49. The lowest BCUT2D eigenvalue weighted by molar-refractivity contribution is -0.119. The second kappa shape index (κ2) is 13.5. The minimum absolute atomic E-state index is 0.298. The van der Waals surface area contributed by atoms with Gasteiger partial charge in [-0.25, -0.2) is 0 Å². The highest BCUT2D eigenvalue weighted by Crippen LogP contribution is 2.15. The molecule has 0 radical (unpaired) electrons. The summed E-state index contributed by atoms with van der Waals surface area (Å²) in [6.07, 6.45) is 4.12. The summed E-state index contributed by atoms with van der Waals surface area (Å²) in [7, 11) is 3.30. The number of ketones is 2. The maximum Gasteiger partial charge on any atom is 0.133 e. The topological polar surface area (TPSA) is 52.6 Å². The van der Waals surface area contributed by atoms with Gasteiger partial charge in [-0.2, -0.15) is 0 Å². The standard InChI is InChI=1S/C19H22O3.C5H10O/c1-21-18-11-5-15(6-12-18)3-9-17(20)10-4-16-7-13-19(22-2)14-8-16;1-3-5(6)4-2/h5-8,11-14H,3-4,9-10H2,1-2H3;3-4H2,1-2H3. The molecular weight excluding hydrogens is 352 g/mol. The Morgan fingerprint density at radius 3 is 1.25 bits per heavy atom. The minimum Gasteiger partial charge on any atom is -0.497 e. The number of rotatable bonds is 10. The number of hydrogen-bond acceptors (Lipinski definition) is 4. The zero-order chi connectivity index (χ0) is 20.8. The lowest BCUT2D eigenvalue weighted by Gasteiger charge is -2.05. The Bertz CT molecular complexity index is 643. The first-order valence-corrected chi connectivity index (χ1v) is 9.81. The van der Waals surface area contributed by atoms with E-state index in [2.05, 4.69) is 0 Å². The summed E-state index contributed by atoms with van der Waals surface area (Å²) >= 11 is 0. The molecule has 0 N–H and O–H groups in total. The van der Waals surface area contributed by atoms with Crippen molar-refractivity contribution in [1.82, 2.24) is 0 Å². The van der Waals surface area contributed by atoms with Crippen molar-refractivity contribution in [1.29, 1.82) is 0 Å². The normalized spacial score (nSPS) is 9.86. The molecule has 0 aromatic heterocycles. The Kier molecular flexibility index (Phi) is 11.3. The molecule has 0 bridgehead atoms. The predicted octanol–water partition coefficient (Wildman–Crippen LogP) is 5.21. The second-order valence-corrected chi connectivity index (χ2v) is 6.48. The molecule has 0 aliphatic carbocycles. The number of carbonyl (C=O) groups excluding carboxylic acids is 2. The number of ether oxygens (including phenoxy) is 2. The third-order valence-electron chi connectivity index (χ3n) is 4.49. The van der Waals surface area contributed by atoms with Crippen LogP contribution >= 0.6 is 0 Å². The number of carbonyl (C=O) groups is 2. The average molecular weight is 385 g/mol. The van der Waals surface area contributed by atoms with Crippen LogP contribution in [0.1, 0.15) is 50.7 Å². The van der Waals surface area contributed by atoms with Crippen molar-refractivity contribution in [3.63, 3.8) is 0 Å². The van der Waals surface area contributed by atoms with Gasteiger partial charge in [0.05, 0.1) is 14.2 Å². The first-order valence-electron chi connectivity index (χ1n) is 9.81. The van der Waals surface area contributed by atoms with Gasteiger partial charge in [0.2, 0.25) is 0 Å². The van der Waals surface area contributed by atoms with Crippen LogP contribution in [0.4, 0.5) is 0 Å². The number of aryl methyl sites for hydroxylation is 2. The van der Waals surface area contributed by atoms with E-state index >= 15 is 0 Å². The van der Waals surface area contributed by atoms with Gasteiger partial charge >= 0.3 is 0 Å². The molecule has 4 heteroatoms. The number of Topliss-reactive ketones (excluding diaryl/α,β-unsaturated/α-hetero) is 2. The Morgan fingerprint density at radius 2 is 1.00 bits per heavy atom. The van der Waals surface area contributed by atoms with Crippen LogP contribution < -0.4 is 9.47 Å². The van der Waals surface area contributed by atoms with E-state index < -0.39 is 0 Å². The Labute approximate surface area is 168 Å². The summed E-state index contributed by atoms with van der Waals surface area (Å²) in [5, 5.41) is 0. The van der Waals surface area contributed by atoms with Crippen molar-refractivity contribution in [2.45, 2.75) is 52.4 Å². The molecule has 0 saturated heterocycles. The largest absolute Gasteiger partial charge is 0.497 e. The van der Waals surface area contributed by atoms with Crippen LogP contribution in [0.5, 0.6) is 11.5 Å². The first-order chi connectivity index (χ1) is 13.5. The molecule has 2 aromatic carbocycles. The fourth-order valence-corrected chi connectivity index (χ4v) is 2.53. The van der Waals surface area contributed by atoms with Gasteiger partial charge in [-0.05, 0) is 48.2 Å². The molecule has 0 unspecified atom stereocenters. The highest BCUT2D eigenvalue weighted by molar-refractivity contribution is 5.79. The summed E-state index contributed by atoms with van der Waals surface area (Å²) in [6, 6.07) is 15.7. The van der Waals surface area contributed by atoms with Gasteiger partial charge < -0.3 is 9.47 Å². The molecule has 0 fully saturated rings. The molecule has 0 amide bonds. The molecule has 0 saturated carbocycles. The van der Waals surface area contributed by atoms with Gasteiger partial charge in [-0.3, -0.25) is 9.59 Å². The lowest BCUT2D eigenvalue weighted by Crippen LogP contribution is -2.02. The summed E-state index contributed by atoms with van der Waals surface area (Å²) in [5.74, 6) is 2.32. The van der Waals surface area contributed by atoms with Crippen molar-refractivity contribution in [2.24, 2.45) is 0 Å². The van der Waals surface area contributed by atoms with E-state index in [1.165, 1.54) is 11.1 Å². The molecule has 152 valence electrons. The molecule has 0 heterocycles. The molecule has 0 spiro atoms. The molecule has 0 aliphatic heterocycles. The number of hydrogen-bond donors (Lipinski definition) is 0. The van der Waals surface area contributed by atoms with Gasteiger partial charge in [0.1, 0.15) is 23.1 Å². The maximum absolute atomic E-state index is 12.0. The van der Waals surface area contributed by atoms with E-state index in [1.54, 1.807) is 14.2 Å². The summed E-state index contributed by atoms with van der Waals surface area (Å²) in [6.45, 7) is 3.76. The zero-order valence-electron chi connectivity index (χ0n) is 17.5. The van der Waals surface area contributed by atoms with Gasteiger partial charge in [0.15, 0.2) is 0 Å². The highest BCUT2D eigenvalue weighted by Gasteiger charge is 2.04. The van der Waals surface area contributed by atoms with Gasteiger partial charge in [0.25, 0.3) is 0 Å². The maximum atomic E-state index is 12.0. The van der Waals surface area contributed by atoms with Crippen LogP contribution in [-0.2, 0) is 22.4 Å². The number of benzene rings is 2. The van der Waals surface area contributed by atoms with Gasteiger partial charge in [-0.1, -0.05) is 38.1 Å². The average Bonchev–Trinajstić information content (AvgIpc) is 2.76. The fraction of sp³-hybridized carbons (Fsp3) is 0.417. The van der Waals surface area contributed by atoms with Crippen LogP contribution in [0.15, 0.2) is 48.5 Å². The first kappa shape index (κ1) is 23.4. The van der Waals surface area contributed by atoms with Gasteiger partial charge in [0, 0.05) is 25.7 Å². The summed E-state index contributed by atoms with van der Waals surface area (Å²) in [5.41, 5.74) is 2.33. The SMILES string of the molecule is CCC(=O)CC.COc1ccc(CCC(=O)CCc2ccc(OC)cc2)cc1. The highest BCUT2D eigenvalue weighted by atomic mass is 16.5. The quantitative estimate of drug-likeness (QED) is 0.564. The van der Waals surface area contributed by atoms with Crippen molar-refractivity contribution in [3.8, 4) is 11.5 Å². The van der Waals surface area contributed by atoms with E-state index in [4.69, 9.17) is 9.47 Å². The van der Waals surface area contributed by atoms with E-state index in [9.17, 15) is 9.59 Å². The van der Waals surface area contributed by atoms with Crippen LogP contribution in [0.2, 0.25) is 0 Å². The lowest BCUT2D eigenvalue weighted by atomic mass is 10.0. The van der Waals surface area contributed by atoms with Crippen molar-refractivity contribution >= 4 is 11.6 Å². The molecular formula is C24H32O4. The van der Waals surface area contributed by atoms with Crippen molar-refractivity contribution in [2.75, 3.05) is 14.2 Å². The molecule has 28 heavy (non-hydrogen) atoms. The van der Waals surface area contributed by atoms with E-state index in [0.29, 0.717) is 37.2 Å². The van der Waals surface area contributed by atoms with Gasteiger partial charge in [-0.15, -0.1) is 0 Å². The van der Waals surface area contributed by atoms with Crippen molar-refractivity contribution < 1.29 is 19.1 Å². The van der Waals surface area contributed by atoms with Crippen LogP contribution in [-0.4, -0.2) is 25.8 Å². The summed E-state index contributed by atoms with van der Waals surface area (Å²) in [4.78, 5) is 22.2. The van der Waals surface area contributed by atoms with E-state index in [-0.39, 0.29) is 0 Å². The Hall–Kier alpha value is -2.62. The van der Waals surface area contributed by atoms with Crippen LogP contribution in [0, 0.1) is 0 Å². The monoisotopic (exact) mass is 384 g/mol. The molecule has 4 nitrogen and oxygen atoms in total. The zero-order valence-corrected chi connectivity index (χ0v) is 17.5.